The molecule has 0 rings (SSSR count). The van der Waals surface area contributed by atoms with Gasteiger partial charge in [0, 0.05) is 6.55 Å². The maximum Gasteiger partial charge on any atom is 0.501 e. The molecule has 0 aliphatic rings. The molecule has 0 amide bonds. The van der Waals surface area contributed by atoms with Crippen LogP contribution in [-0.4, -0.2) is 41.6 Å². The van der Waals surface area contributed by atoms with Crippen LogP contribution in [0.25, 0.3) is 0 Å². The van der Waals surface area contributed by atoms with Gasteiger partial charge in [0.05, 0.1) is 16.1 Å². The van der Waals surface area contributed by atoms with Crippen molar-refractivity contribution in [3.63, 3.8) is 0 Å². The van der Waals surface area contributed by atoms with Gasteiger partial charge >= 0.3 is 8.80 Å². The molecule has 0 heterocycles. The number of alkyl halides is 6. The molecule has 0 aliphatic carbocycles. The highest BCUT2D eigenvalue weighted by Crippen LogP contribution is 2.27. The molecule has 0 saturated carbocycles. The van der Waals surface area contributed by atoms with Gasteiger partial charge < -0.3 is 13.3 Å². The molecular formula is C10H18Cl6O3Si. The summed E-state index contributed by atoms with van der Waals surface area (Å²) in [7, 11) is -3.28. The molecule has 0 aliphatic heterocycles. The topological polar surface area (TPSA) is 27.7 Å². The Kier molecular flexibility index (Phi) is 10.8. The standard InChI is InChI=1S/C10H18Cl6O3Si/c1-5(11)8(14)17-20(4,18-9(15)6(2)12)19-10(16)7(3)13/h5-10H,1-4H3. The summed E-state index contributed by atoms with van der Waals surface area (Å²) < 4.78 is 16.7. The van der Waals surface area contributed by atoms with E-state index in [1.165, 1.54) is 0 Å². The molecule has 0 spiro atoms. The van der Waals surface area contributed by atoms with Crippen molar-refractivity contribution in [2.45, 2.75) is 60.1 Å². The fourth-order valence-corrected chi connectivity index (χ4v) is 4.85. The summed E-state index contributed by atoms with van der Waals surface area (Å²) >= 11 is 35.6. The van der Waals surface area contributed by atoms with E-state index in [2.05, 4.69) is 0 Å². The third-order valence-corrected chi connectivity index (χ3v) is 7.03. The molecule has 0 N–H and O–H groups in total. The van der Waals surface area contributed by atoms with Crippen molar-refractivity contribution < 1.29 is 13.3 Å². The average Bonchev–Trinajstić information content (AvgIpc) is 2.27. The number of rotatable bonds is 9. The first-order valence-electron chi connectivity index (χ1n) is 5.86. The summed E-state index contributed by atoms with van der Waals surface area (Å²) in [4.78, 5) is 0. The van der Waals surface area contributed by atoms with Crippen molar-refractivity contribution in [3.05, 3.63) is 0 Å². The van der Waals surface area contributed by atoms with E-state index < -0.39 is 41.6 Å². The molecule has 0 radical (unpaired) electrons. The monoisotopic (exact) mass is 424 g/mol. The van der Waals surface area contributed by atoms with E-state index in [1.807, 2.05) is 0 Å². The van der Waals surface area contributed by atoms with Gasteiger partial charge in [-0.1, -0.05) is 34.8 Å². The average molecular weight is 427 g/mol. The van der Waals surface area contributed by atoms with E-state index >= 15 is 0 Å². The van der Waals surface area contributed by atoms with E-state index in [0.29, 0.717) is 0 Å². The van der Waals surface area contributed by atoms with Crippen molar-refractivity contribution in [3.8, 4) is 0 Å². The zero-order valence-corrected chi connectivity index (χ0v) is 17.0. The molecular weight excluding hydrogens is 409 g/mol. The van der Waals surface area contributed by atoms with Crippen LogP contribution in [0, 0.1) is 0 Å². The van der Waals surface area contributed by atoms with Gasteiger partial charge in [-0.05, 0) is 20.8 Å². The third-order valence-electron chi connectivity index (χ3n) is 2.06. The highest BCUT2D eigenvalue weighted by Gasteiger charge is 2.44. The fraction of sp³-hybridized carbons (Fsp3) is 1.00. The van der Waals surface area contributed by atoms with Crippen LogP contribution in [-0.2, 0) is 13.3 Å². The lowest BCUT2D eigenvalue weighted by Crippen LogP contribution is -2.50. The van der Waals surface area contributed by atoms with Gasteiger partial charge in [0.15, 0.2) is 0 Å². The highest BCUT2D eigenvalue weighted by molar-refractivity contribution is 6.61. The Bertz CT molecular complexity index is 241. The van der Waals surface area contributed by atoms with E-state index in [-0.39, 0.29) is 0 Å². The summed E-state index contributed by atoms with van der Waals surface area (Å²) in [5, 5.41) is -1.37. The first kappa shape index (κ1) is 21.8. The quantitative estimate of drug-likeness (QED) is 0.375. The maximum absolute atomic E-state index is 5.99. The first-order valence-corrected chi connectivity index (χ1v) is 10.7. The third kappa shape index (κ3) is 8.46. The van der Waals surface area contributed by atoms with Gasteiger partial charge in [0.25, 0.3) is 0 Å². The Balaban J connectivity index is 4.92. The second-order valence-corrected chi connectivity index (χ2v) is 10.1. The lowest BCUT2D eigenvalue weighted by Gasteiger charge is -2.33. The minimum Gasteiger partial charge on any atom is -0.355 e. The van der Waals surface area contributed by atoms with E-state index in [9.17, 15) is 0 Å². The van der Waals surface area contributed by atoms with Crippen LogP contribution in [0.15, 0.2) is 0 Å². The molecule has 20 heavy (non-hydrogen) atoms. The smallest absolute Gasteiger partial charge is 0.355 e. The van der Waals surface area contributed by atoms with Gasteiger partial charge in [0.1, 0.15) is 16.7 Å². The lowest BCUT2D eigenvalue weighted by atomic mass is 10.5. The fourth-order valence-electron chi connectivity index (χ4n) is 0.978. The van der Waals surface area contributed by atoms with E-state index in [0.717, 1.165) is 0 Å². The zero-order valence-electron chi connectivity index (χ0n) is 11.5. The number of halogens is 6. The Morgan fingerprint density at radius 2 is 0.800 bits per heavy atom. The maximum atomic E-state index is 5.99. The first-order chi connectivity index (χ1) is 8.98. The Morgan fingerprint density at radius 1 is 0.600 bits per heavy atom. The molecule has 0 aromatic carbocycles. The lowest BCUT2D eigenvalue weighted by molar-refractivity contribution is 0.0373. The summed E-state index contributed by atoms with van der Waals surface area (Å²) in [6.07, 6.45) is 0. The van der Waals surface area contributed by atoms with Crippen molar-refractivity contribution in [1.82, 2.24) is 0 Å². The Labute approximate surface area is 151 Å². The van der Waals surface area contributed by atoms with Crippen LogP contribution < -0.4 is 0 Å². The van der Waals surface area contributed by atoms with Gasteiger partial charge in [-0.15, -0.1) is 34.8 Å². The second kappa shape index (κ2) is 9.86. The Hall–Kier alpha value is 1.84. The zero-order chi connectivity index (χ0) is 16.1. The van der Waals surface area contributed by atoms with Gasteiger partial charge in [-0.3, -0.25) is 0 Å². The van der Waals surface area contributed by atoms with Gasteiger partial charge in [0.2, 0.25) is 0 Å². The SMILES string of the molecule is CC(Cl)C(Cl)O[Si](C)(OC(Cl)C(C)Cl)OC(Cl)C(C)Cl. The molecule has 122 valence electrons. The van der Waals surface area contributed by atoms with Crippen molar-refractivity contribution in [2.24, 2.45) is 0 Å². The summed E-state index contributed by atoms with van der Waals surface area (Å²) in [6, 6.07) is 0. The normalized spacial score (nSPS) is 24.3. The second-order valence-electron chi connectivity index (χ2n) is 4.30. The van der Waals surface area contributed by atoms with E-state index in [4.69, 9.17) is 82.9 Å². The predicted molar refractivity (Wildman–Crippen MR) is 89.7 cm³/mol. The van der Waals surface area contributed by atoms with Crippen molar-refractivity contribution >= 4 is 78.4 Å². The Morgan fingerprint density at radius 3 is 0.950 bits per heavy atom. The molecule has 0 aromatic heterocycles. The summed E-state index contributed by atoms with van der Waals surface area (Å²) in [5.41, 5.74) is -2.47. The van der Waals surface area contributed by atoms with Gasteiger partial charge in [-0.25, -0.2) is 0 Å². The van der Waals surface area contributed by atoms with Crippen LogP contribution in [0.5, 0.6) is 0 Å². The molecule has 0 saturated heterocycles. The molecule has 0 bridgehead atoms. The van der Waals surface area contributed by atoms with E-state index in [1.54, 1.807) is 27.3 Å². The molecule has 0 fully saturated rings. The highest BCUT2D eigenvalue weighted by atomic mass is 35.5. The molecule has 3 nitrogen and oxygen atoms in total. The molecule has 6 atom stereocenters. The number of hydrogen-bond acceptors (Lipinski definition) is 3. The van der Waals surface area contributed by atoms with Gasteiger partial charge in [-0.2, -0.15) is 0 Å². The van der Waals surface area contributed by atoms with Crippen LogP contribution in [0.3, 0.4) is 0 Å². The molecule has 6 unspecified atom stereocenters. The van der Waals surface area contributed by atoms with Crippen LogP contribution in [0.1, 0.15) is 20.8 Å². The summed E-state index contributed by atoms with van der Waals surface area (Å²) in [6.45, 7) is 6.64. The molecule has 0 aromatic rings. The van der Waals surface area contributed by atoms with Crippen molar-refractivity contribution in [2.75, 3.05) is 0 Å². The van der Waals surface area contributed by atoms with Crippen LogP contribution >= 0.6 is 69.6 Å². The largest absolute Gasteiger partial charge is 0.501 e. The van der Waals surface area contributed by atoms with Crippen LogP contribution in [0.2, 0.25) is 6.55 Å². The minimum absolute atomic E-state index is 0.458. The number of hydrogen-bond donors (Lipinski definition) is 0. The molecule has 10 heteroatoms. The van der Waals surface area contributed by atoms with Crippen LogP contribution in [0.4, 0.5) is 0 Å². The predicted octanol–water partition coefficient (Wildman–Crippen LogP) is 5.18. The van der Waals surface area contributed by atoms with Crippen molar-refractivity contribution in [1.29, 1.82) is 0 Å². The minimum atomic E-state index is -3.28. The summed E-state index contributed by atoms with van der Waals surface area (Å²) in [5.74, 6) is 0.